The van der Waals surface area contributed by atoms with Crippen molar-refractivity contribution in [1.29, 1.82) is 0 Å². The molecular formula is C70H54. The van der Waals surface area contributed by atoms with E-state index >= 15 is 0 Å². The number of hydrogen-bond donors (Lipinski definition) is 0. The molecule has 0 N–H and O–H groups in total. The molecule has 0 amide bonds. The molecule has 0 saturated heterocycles. The van der Waals surface area contributed by atoms with Crippen LogP contribution in [0.5, 0.6) is 0 Å². The van der Waals surface area contributed by atoms with Crippen LogP contribution in [0.4, 0.5) is 0 Å². The molecule has 0 bridgehead atoms. The first-order chi connectivity index (χ1) is 34.3. The lowest BCUT2D eigenvalue weighted by Gasteiger charge is -2.23. The fourth-order valence-electron chi connectivity index (χ4n) is 9.99. The van der Waals surface area contributed by atoms with Gasteiger partial charge in [-0.25, -0.2) is 0 Å². The maximum Gasteiger partial charge on any atom is -0.00261 e. The minimum atomic E-state index is -0.0274. The summed E-state index contributed by atoms with van der Waals surface area (Å²) in [6.45, 7) is 6.94. The SMILES string of the molecule is CC(C)(C)c1ccc2c(-c3cccc(-c4ccc(C=C(c5ccccc5)c5ccccc5)cc4)c3)c3ccccc3c(-c3cccc(-c4ccc(C=C(c5ccccc5)c5ccccc5)cc4)c3)c2c1. The van der Waals surface area contributed by atoms with Crippen LogP contribution in [-0.2, 0) is 5.41 Å². The van der Waals surface area contributed by atoms with Crippen molar-refractivity contribution < 1.29 is 0 Å². The molecule has 11 rings (SSSR count). The van der Waals surface area contributed by atoms with Crippen molar-refractivity contribution in [3.8, 4) is 44.5 Å². The van der Waals surface area contributed by atoms with E-state index < -0.39 is 0 Å². The lowest BCUT2D eigenvalue weighted by atomic mass is 9.81. The van der Waals surface area contributed by atoms with E-state index in [9.17, 15) is 0 Å². The van der Waals surface area contributed by atoms with Crippen LogP contribution in [0.1, 0.15) is 59.7 Å². The first kappa shape index (κ1) is 44.0. The molecule has 0 heterocycles. The summed E-state index contributed by atoms with van der Waals surface area (Å²) in [4.78, 5) is 0. The van der Waals surface area contributed by atoms with Gasteiger partial charge in [0.1, 0.15) is 0 Å². The van der Waals surface area contributed by atoms with Crippen molar-refractivity contribution in [2.45, 2.75) is 26.2 Å². The average molecular weight is 895 g/mol. The van der Waals surface area contributed by atoms with E-state index in [-0.39, 0.29) is 5.41 Å². The van der Waals surface area contributed by atoms with Gasteiger partial charge in [-0.3, -0.25) is 0 Å². The molecule has 0 heteroatoms. The minimum absolute atomic E-state index is 0.0274. The van der Waals surface area contributed by atoms with Gasteiger partial charge in [-0.2, -0.15) is 0 Å². The Morgan fingerprint density at radius 2 is 0.614 bits per heavy atom. The molecule has 0 fully saturated rings. The van der Waals surface area contributed by atoms with Crippen LogP contribution in [-0.4, -0.2) is 0 Å². The van der Waals surface area contributed by atoms with Crippen LogP contribution in [0, 0.1) is 0 Å². The summed E-state index contributed by atoms with van der Waals surface area (Å²) < 4.78 is 0. The normalized spacial score (nSPS) is 11.4. The Balaban J connectivity index is 0.986. The van der Waals surface area contributed by atoms with Gasteiger partial charge in [0, 0.05) is 0 Å². The summed E-state index contributed by atoms with van der Waals surface area (Å²) in [5.74, 6) is 0. The van der Waals surface area contributed by atoms with Gasteiger partial charge in [-0.15, -0.1) is 0 Å². The van der Waals surface area contributed by atoms with Gasteiger partial charge in [-0.05, 0) is 152 Å². The second kappa shape index (κ2) is 19.2. The van der Waals surface area contributed by atoms with E-state index in [2.05, 4.69) is 294 Å². The van der Waals surface area contributed by atoms with Gasteiger partial charge in [0.2, 0.25) is 0 Å². The third kappa shape index (κ3) is 9.08. The predicted octanol–water partition coefficient (Wildman–Crippen LogP) is 19.1. The highest BCUT2D eigenvalue weighted by molar-refractivity contribution is 6.21. The molecule has 0 saturated carbocycles. The summed E-state index contributed by atoms with van der Waals surface area (Å²) in [6.07, 6.45) is 4.60. The molecule has 0 atom stereocenters. The van der Waals surface area contributed by atoms with Gasteiger partial charge >= 0.3 is 0 Å². The zero-order chi connectivity index (χ0) is 47.4. The Kier molecular flexibility index (Phi) is 12.1. The summed E-state index contributed by atoms with van der Waals surface area (Å²) in [5, 5.41) is 5.01. The minimum Gasteiger partial charge on any atom is -0.0622 e. The first-order valence-electron chi connectivity index (χ1n) is 24.4. The lowest BCUT2D eigenvalue weighted by molar-refractivity contribution is 0.591. The van der Waals surface area contributed by atoms with Crippen molar-refractivity contribution in [3.05, 3.63) is 300 Å². The predicted molar refractivity (Wildman–Crippen MR) is 302 cm³/mol. The number of benzene rings is 11. The van der Waals surface area contributed by atoms with Gasteiger partial charge in [-0.1, -0.05) is 263 Å². The standard InChI is InChI=1S/C70H54/c1-70(2,3)61-42-43-64-67(48-61)69(60-31-19-29-58(47-60)52-40-36-50(37-41-52)45-66(55-24-12-6-13-25-55)56-26-14-7-15-27-56)63-33-17-16-32-62(63)68(64)59-30-18-28-57(46-59)51-38-34-49(35-39-51)44-65(53-20-8-4-9-21-53)54-22-10-5-11-23-54/h4-48H,1-3H3. The van der Waals surface area contributed by atoms with Gasteiger partial charge in [0.25, 0.3) is 0 Å². The maximum absolute atomic E-state index is 2.46. The van der Waals surface area contributed by atoms with Crippen LogP contribution < -0.4 is 0 Å². The smallest absolute Gasteiger partial charge is 0.00261 e. The summed E-state index contributed by atoms with van der Waals surface area (Å²) in [5.41, 5.74) is 20.6. The molecule has 0 radical (unpaired) electrons. The molecule has 0 aliphatic heterocycles. The van der Waals surface area contributed by atoms with Crippen molar-refractivity contribution in [1.82, 2.24) is 0 Å². The molecule has 0 aromatic heterocycles. The summed E-state index contributed by atoms with van der Waals surface area (Å²) >= 11 is 0. The van der Waals surface area contributed by atoms with E-state index in [1.807, 2.05) is 0 Å². The molecule has 334 valence electrons. The number of fused-ring (bicyclic) bond motifs is 2. The zero-order valence-corrected chi connectivity index (χ0v) is 40.0. The van der Waals surface area contributed by atoms with Gasteiger partial charge < -0.3 is 0 Å². The molecule has 70 heavy (non-hydrogen) atoms. The summed E-state index contributed by atoms with van der Waals surface area (Å²) in [6, 6.07) is 95.1. The Morgan fingerprint density at radius 3 is 1.00 bits per heavy atom. The number of hydrogen-bond acceptors (Lipinski definition) is 0. The summed E-state index contributed by atoms with van der Waals surface area (Å²) in [7, 11) is 0. The molecule has 0 aliphatic carbocycles. The van der Waals surface area contributed by atoms with Crippen LogP contribution in [0.2, 0.25) is 0 Å². The third-order valence-corrected chi connectivity index (χ3v) is 13.6. The van der Waals surface area contributed by atoms with Crippen LogP contribution >= 0.6 is 0 Å². The van der Waals surface area contributed by atoms with Crippen molar-refractivity contribution in [2.75, 3.05) is 0 Å². The average Bonchev–Trinajstić information content (AvgIpc) is 3.42. The van der Waals surface area contributed by atoms with Gasteiger partial charge in [0.15, 0.2) is 0 Å². The molecular weight excluding hydrogens is 841 g/mol. The van der Waals surface area contributed by atoms with Crippen LogP contribution in [0.3, 0.4) is 0 Å². The highest BCUT2D eigenvalue weighted by Crippen LogP contribution is 2.46. The second-order valence-corrected chi connectivity index (χ2v) is 19.3. The second-order valence-electron chi connectivity index (χ2n) is 19.3. The van der Waals surface area contributed by atoms with Crippen molar-refractivity contribution in [3.63, 3.8) is 0 Å². The molecule has 11 aromatic rings. The fourth-order valence-corrected chi connectivity index (χ4v) is 9.99. The third-order valence-electron chi connectivity index (χ3n) is 13.6. The quantitative estimate of drug-likeness (QED) is 0.0948. The van der Waals surface area contributed by atoms with Gasteiger partial charge in [0.05, 0.1) is 0 Å². The number of rotatable bonds is 10. The maximum atomic E-state index is 2.46. The topological polar surface area (TPSA) is 0 Å². The van der Waals surface area contributed by atoms with Crippen LogP contribution in [0.15, 0.2) is 261 Å². The van der Waals surface area contributed by atoms with E-state index in [1.165, 1.54) is 116 Å². The highest BCUT2D eigenvalue weighted by Gasteiger charge is 2.21. The molecule has 11 aromatic carbocycles. The lowest BCUT2D eigenvalue weighted by Crippen LogP contribution is -2.10. The molecule has 0 aliphatic rings. The molecule has 0 nitrogen and oxygen atoms in total. The Labute approximate surface area is 413 Å². The fraction of sp³-hybridized carbons (Fsp3) is 0.0571. The monoisotopic (exact) mass is 894 g/mol. The Morgan fingerprint density at radius 1 is 0.271 bits per heavy atom. The zero-order valence-electron chi connectivity index (χ0n) is 40.0. The van der Waals surface area contributed by atoms with E-state index in [1.54, 1.807) is 0 Å². The van der Waals surface area contributed by atoms with Crippen molar-refractivity contribution in [2.24, 2.45) is 0 Å². The first-order valence-corrected chi connectivity index (χ1v) is 24.4. The Hall–Kier alpha value is -8.58. The molecule has 0 unspecified atom stereocenters. The van der Waals surface area contributed by atoms with E-state index in [0.29, 0.717) is 0 Å². The van der Waals surface area contributed by atoms with Crippen molar-refractivity contribution >= 4 is 44.8 Å². The van der Waals surface area contributed by atoms with E-state index in [0.717, 1.165) is 0 Å². The van der Waals surface area contributed by atoms with Crippen LogP contribution in [0.25, 0.3) is 89.4 Å². The molecule has 0 spiro atoms. The highest BCUT2D eigenvalue weighted by atomic mass is 14.2. The largest absolute Gasteiger partial charge is 0.0622 e. The Bertz CT molecular complexity index is 3580. The van der Waals surface area contributed by atoms with E-state index in [4.69, 9.17) is 0 Å².